The molecule has 0 saturated heterocycles. The molecule has 21 heavy (non-hydrogen) atoms. The molecule has 8 heteroatoms. The Bertz CT molecular complexity index is 696. The van der Waals surface area contributed by atoms with Gasteiger partial charge in [0.15, 0.2) is 0 Å². The Kier molecular flexibility index (Phi) is 4.90. The molecule has 1 heterocycles. The molecule has 0 radical (unpaired) electrons. The highest BCUT2D eigenvalue weighted by atomic mass is 32.2. The topological polar surface area (TPSA) is 89.0 Å². The van der Waals surface area contributed by atoms with Crippen LogP contribution in [0, 0.1) is 17.1 Å². The lowest BCUT2D eigenvalue weighted by molar-refractivity contribution is 0.0475. The second kappa shape index (κ2) is 6.85. The zero-order chi connectivity index (χ0) is 15.2. The standard InChI is InChI=1S/C13H10FN3O3S/c1-2-19-12(18)11-16-17-13(20-11)21-7-9-5-3-4-8(6-15)10(9)14/h3-5H,2,7H2,1H3. The number of nitrogens with zero attached hydrogens (tertiary/aromatic N) is 3. The highest BCUT2D eigenvalue weighted by Gasteiger charge is 2.16. The minimum atomic E-state index is -0.700. The number of nitriles is 1. The third-order valence-corrected chi connectivity index (χ3v) is 3.27. The first-order valence-electron chi connectivity index (χ1n) is 5.96. The first-order valence-corrected chi connectivity index (χ1v) is 6.95. The van der Waals surface area contributed by atoms with Crippen molar-refractivity contribution in [2.45, 2.75) is 17.9 Å². The van der Waals surface area contributed by atoms with Crippen molar-refractivity contribution in [1.82, 2.24) is 10.2 Å². The summed E-state index contributed by atoms with van der Waals surface area (Å²) in [6.07, 6.45) is 0. The zero-order valence-electron chi connectivity index (χ0n) is 11.0. The van der Waals surface area contributed by atoms with Crippen molar-refractivity contribution >= 4 is 17.7 Å². The van der Waals surface area contributed by atoms with E-state index in [4.69, 9.17) is 14.4 Å². The van der Waals surface area contributed by atoms with Crippen molar-refractivity contribution in [3.8, 4) is 6.07 Å². The van der Waals surface area contributed by atoms with Crippen molar-refractivity contribution in [2.75, 3.05) is 6.61 Å². The maximum absolute atomic E-state index is 13.8. The van der Waals surface area contributed by atoms with Crippen LogP contribution < -0.4 is 0 Å². The summed E-state index contributed by atoms with van der Waals surface area (Å²) < 4.78 is 23.6. The quantitative estimate of drug-likeness (QED) is 0.619. The number of halogens is 1. The lowest BCUT2D eigenvalue weighted by Crippen LogP contribution is -2.04. The average Bonchev–Trinajstić information content (AvgIpc) is 2.95. The second-order valence-corrected chi connectivity index (χ2v) is 4.70. The fraction of sp³-hybridized carbons (Fsp3) is 0.231. The molecule has 0 spiro atoms. The number of hydrogen-bond donors (Lipinski definition) is 0. The Morgan fingerprint density at radius 2 is 2.33 bits per heavy atom. The highest BCUT2D eigenvalue weighted by molar-refractivity contribution is 7.98. The molecule has 0 aliphatic heterocycles. The van der Waals surface area contributed by atoms with E-state index in [0.717, 1.165) is 11.8 Å². The van der Waals surface area contributed by atoms with E-state index in [1.807, 2.05) is 0 Å². The van der Waals surface area contributed by atoms with Crippen LogP contribution >= 0.6 is 11.8 Å². The zero-order valence-corrected chi connectivity index (χ0v) is 11.8. The largest absolute Gasteiger partial charge is 0.459 e. The second-order valence-electron chi connectivity index (χ2n) is 3.77. The van der Waals surface area contributed by atoms with Crippen molar-refractivity contribution in [1.29, 1.82) is 5.26 Å². The minimum Gasteiger partial charge on any atom is -0.459 e. The first-order chi connectivity index (χ1) is 10.2. The van der Waals surface area contributed by atoms with Gasteiger partial charge in [0.2, 0.25) is 0 Å². The Morgan fingerprint density at radius 3 is 3.05 bits per heavy atom. The van der Waals surface area contributed by atoms with Gasteiger partial charge in [-0.15, -0.1) is 5.10 Å². The number of esters is 1. The molecule has 0 atom stereocenters. The first kappa shape index (κ1) is 15.0. The lowest BCUT2D eigenvalue weighted by Gasteiger charge is -2.01. The highest BCUT2D eigenvalue weighted by Crippen LogP contribution is 2.24. The maximum atomic E-state index is 13.8. The van der Waals surface area contributed by atoms with Gasteiger partial charge in [-0.1, -0.05) is 29.0 Å². The van der Waals surface area contributed by atoms with E-state index < -0.39 is 11.8 Å². The van der Waals surface area contributed by atoms with Crippen LogP contribution in [0.2, 0.25) is 0 Å². The molecule has 0 fully saturated rings. The van der Waals surface area contributed by atoms with Gasteiger partial charge in [0.05, 0.1) is 12.2 Å². The van der Waals surface area contributed by atoms with Gasteiger partial charge in [-0.05, 0) is 18.6 Å². The van der Waals surface area contributed by atoms with Crippen LogP contribution in [0.15, 0.2) is 27.8 Å². The van der Waals surface area contributed by atoms with E-state index in [9.17, 15) is 9.18 Å². The molecule has 2 aromatic rings. The summed E-state index contributed by atoms with van der Waals surface area (Å²) >= 11 is 1.07. The number of thioether (sulfide) groups is 1. The molecule has 108 valence electrons. The van der Waals surface area contributed by atoms with Crippen molar-refractivity contribution < 1.29 is 18.3 Å². The summed E-state index contributed by atoms with van der Waals surface area (Å²) in [6.45, 7) is 1.87. The molecule has 1 aromatic carbocycles. The fourth-order valence-corrected chi connectivity index (χ4v) is 2.20. The van der Waals surface area contributed by atoms with Crippen LogP contribution in [-0.4, -0.2) is 22.8 Å². The van der Waals surface area contributed by atoms with E-state index in [1.165, 1.54) is 6.07 Å². The normalized spacial score (nSPS) is 10.1. The van der Waals surface area contributed by atoms with Crippen LogP contribution in [0.5, 0.6) is 0 Å². The molecule has 2 rings (SSSR count). The molecular formula is C13H10FN3O3S. The average molecular weight is 307 g/mol. The smallest absolute Gasteiger partial charge is 0.396 e. The maximum Gasteiger partial charge on any atom is 0.396 e. The Labute approximate surface area is 123 Å². The molecule has 0 saturated carbocycles. The van der Waals surface area contributed by atoms with Gasteiger partial charge in [0, 0.05) is 5.75 Å². The molecule has 0 amide bonds. The summed E-state index contributed by atoms with van der Waals surface area (Å²) in [4.78, 5) is 11.3. The molecule has 0 unspecified atom stereocenters. The molecule has 6 nitrogen and oxygen atoms in total. The van der Waals surface area contributed by atoms with Crippen molar-refractivity contribution in [3.63, 3.8) is 0 Å². The molecule has 0 N–H and O–H groups in total. The summed E-state index contributed by atoms with van der Waals surface area (Å²) in [5.74, 6) is -1.32. The summed E-state index contributed by atoms with van der Waals surface area (Å²) in [5, 5.41) is 16.1. The molecule has 0 bridgehead atoms. The Hall–Kier alpha value is -2.40. The number of carbonyl (C=O) groups is 1. The lowest BCUT2D eigenvalue weighted by atomic mass is 10.1. The van der Waals surface area contributed by atoms with Gasteiger partial charge >= 0.3 is 11.9 Å². The summed E-state index contributed by atoms with van der Waals surface area (Å²) in [6, 6.07) is 6.32. The van der Waals surface area contributed by atoms with E-state index >= 15 is 0 Å². The van der Waals surface area contributed by atoms with Gasteiger partial charge in [0.1, 0.15) is 11.9 Å². The number of rotatable bonds is 5. The Balaban J connectivity index is 2.04. The molecule has 1 aromatic heterocycles. The van der Waals surface area contributed by atoms with Crippen LogP contribution in [0.3, 0.4) is 0 Å². The third kappa shape index (κ3) is 3.58. The van der Waals surface area contributed by atoms with Crippen molar-refractivity contribution in [3.05, 3.63) is 41.0 Å². The van der Waals surface area contributed by atoms with Gasteiger partial charge in [-0.25, -0.2) is 9.18 Å². The van der Waals surface area contributed by atoms with E-state index in [-0.39, 0.29) is 29.0 Å². The number of aromatic nitrogens is 2. The fourth-order valence-electron chi connectivity index (χ4n) is 1.46. The van der Waals surface area contributed by atoms with E-state index in [2.05, 4.69) is 10.2 Å². The third-order valence-electron chi connectivity index (χ3n) is 2.41. The van der Waals surface area contributed by atoms with Crippen LogP contribution in [0.25, 0.3) is 0 Å². The predicted molar refractivity (Wildman–Crippen MR) is 70.9 cm³/mol. The molecule has 0 aliphatic rings. The van der Waals surface area contributed by atoms with Gasteiger partial charge in [0.25, 0.3) is 5.22 Å². The van der Waals surface area contributed by atoms with Crippen LogP contribution in [-0.2, 0) is 10.5 Å². The summed E-state index contributed by atoms with van der Waals surface area (Å²) in [7, 11) is 0. The predicted octanol–water partition coefficient (Wildman–Crippen LogP) is 2.55. The number of hydrogen-bond acceptors (Lipinski definition) is 7. The summed E-state index contributed by atoms with van der Waals surface area (Å²) in [5.41, 5.74) is 0.320. The van der Waals surface area contributed by atoms with Gasteiger partial charge in [-0.3, -0.25) is 0 Å². The van der Waals surface area contributed by atoms with Crippen LogP contribution in [0.4, 0.5) is 4.39 Å². The number of benzene rings is 1. The monoisotopic (exact) mass is 307 g/mol. The van der Waals surface area contributed by atoms with Gasteiger partial charge in [-0.2, -0.15) is 5.26 Å². The van der Waals surface area contributed by atoms with Gasteiger partial charge < -0.3 is 9.15 Å². The minimum absolute atomic E-state index is 0.0224. The number of ether oxygens (including phenoxy) is 1. The number of carbonyl (C=O) groups excluding carboxylic acids is 1. The SMILES string of the molecule is CCOC(=O)c1nnc(SCc2cccc(C#N)c2F)o1. The molecule has 0 aliphatic carbocycles. The molecular weight excluding hydrogens is 297 g/mol. The van der Waals surface area contributed by atoms with Crippen molar-refractivity contribution in [2.24, 2.45) is 0 Å². The van der Waals surface area contributed by atoms with Crippen LogP contribution in [0.1, 0.15) is 28.7 Å². The Morgan fingerprint density at radius 1 is 1.52 bits per heavy atom. The van der Waals surface area contributed by atoms with E-state index in [0.29, 0.717) is 5.56 Å². The van der Waals surface area contributed by atoms with E-state index in [1.54, 1.807) is 25.1 Å².